The predicted octanol–water partition coefficient (Wildman–Crippen LogP) is 1.94. The Balaban J connectivity index is 2.80. The highest BCUT2D eigenvalue weighted by molar-refractivity contribution is 7.14. The number of halogens is 1. The predicted molar refractivity (Wildman–Crippen MR) is 36.0 cm³/mol. The first-order valence-electron chi connectivity index (χ1n) is 2.18. The molecule has 0 fully saturated rings. The molecule has 0 N–H and O–H groups in total. The third-order valence-electron chi connectivity index (χ3n) is 0.760. The molecule has 0 radical (unpaired) electrons. The molecule has 2 nitrogen and oxygen atoms in total. The minimum atomic E-state index is 0.355. The molecule has 4 heteroatoms. The minimum Gasteiger partial charge on any atom is -0.426 e. The lowest BCUT2D eigenvalue weighted by molar-refractivity contribution is -0.120. The van der Waals surface area contributed by atoms with E-state index in [1.165, 1.54) is 11.3 Å². The molecular formula is C5H3ClO2S. The van der Waals surface area contributed by atoms with Gasteiger partial charge in [-0.3, -0.25) is 4.79 Å². The molecule has 0 saturated carbocycles. The van der Waals surface area contributed by atoms with E-state index < -0.39 is 0 Å². The van der Waals surface area contributed by atoms with Crippen LogP contribution in [0.1, 0.15) is 0 Å². The second-order valence-corrected chi connectivity index (χ2v) is 2.79. The summed E-state index contributed by atoms with van der Waals surface area (Å²) in [5.74, 6) is 0.427. The van der Waals surface area contributed by atoms with E-state index in [2.05, 4.69) is 4.74 Å². The van der Waals surface area contributed by atoms with Crippen molar-refractivity contribution >= 4 is 29.4 Å². The van der Waals surface area contributed by atoms with Crippen molar-refractivity contribution in [3.05, 3.63) is 15.8 Å². The molecular weight excluding hydrogens is 160 g/mol. The Hall–Kier alpha value is -0.540. The highest BCUT2D eigenvalue weighted by Crippen LogP contribution is 2.29. The molecule has 1 heterocycles. The summed E-state index contributed by atoms with van der Waals surface area (Å²) in [4.78, 5) is 9.75. The highest BCUT2D eigenvalue weighted by Gasteiger charge is 1.99. The lowest BCUT2D eigenvalue weighted by atomic mass is 10.6. The van der Waals surface area contributed by atoms with Crippen molar-refractivity contribution in [3.63, 3.8) is 0 Å². The number of carbonyl (C=O) groups excluding carboxylic acids is 1. The van der Waals surface area contributed by atoms with Crippen molar-refractivity contribution in [2.75, 3.05) is 0 Å². The molecule has 0 bridgehead atoms. The standard InChI is InChI=1S/C5H3ClO2S/c6-5-4(8-3-7)1-2-9-5/h1-3H. The highest BCUT2D eigenvalue weighted by atomic mass is 35.5. The Labute approximate surface area is 61.0 Å². The number of ether oxygens (including phenoxy) is 1. The van der Waals surface area contributed by atoms with Gasteiger partial charge in [0.2, 0.25) is 0 Å². The fourth-order valence-electron chi connectivity index (χ4n) is 0.417. The smallest absolute Gasteiger partial charge is 0.298 e. The van der Waals surface area contributed by atoms with Crippen LogP contribution in [-0.2, 0) is 4.79 Å². The van der Waals surface area contributed by atoms with Gasteiger partial charge in [-0.1, -0.05) is 11.6 Å². The van der Waals surface area contributed by atoms with Crippen LogP contribution in [0.3, 0.4) is 0 Å². The molecule has 0 spiro atoms. The first-order chi connectivity index (χ1) is 4.34. The quantitative estimate of drug-likeness (QED) is 0.622. The van der Waals surface area contributed by atoms with E-state index in [0.29, 0.717) is 16.6 Å². The first kappa shape index (κ1) is 6.58. The van der Waals surface area contributed by atoms with Crippen LogP contribution in [0.5, 0.6) is 5.75 Å². The summed E-state index contributed by atoms with van der Waals surface area (Å²) in [6.45, 7) is 0.355. The van der Waals surface area contributed by atoms with E-state index in [0.717, 1.165) is 0 Å². The molecule has 0 aliphatic heterocycles. The summed E-state index contributed by atoms with van der Waals surface area (Å²) in [6.07, 6.45) is 0. The van der Waals surface area contributed by atoms with Gasteiger partial charge in [-0.25, -0.2) is 0 Å². The van der Waals surface area contributed by atoms with Gasteiger partial charge in [-0.15, -0.1) is 11.3 Å². The van der Waals surface area contributed by atoms with Gasteiger partial charge < -0.3 is 4.74 Å². The molecule has 1 rings (SSSR count). The van der Waals surface area contributed by atoms with Crippen LogP contribution in [0, 0.1) is 0 Å². The molecule has 48 valence electrons. The summed E-state index contributed by atoms with van der Waals surface area (Å²) >= 11 is 6.88. The fraction of sp³-hybridized carbons (Fsp3) is 0. The van der Waals surface area contributed by atoms with Crippen LogP contribution in [0.15, 0.2) is 11.4 Å². The fourth-order valence-corrected chi connectivity index (χ4v) is 1.22. The molecule has 1 aromatic rings. The number of rotatable bonds is 2. The summed E-state index contributed by atoms with van der Waals surface area (Å²) in [5.41, 5.74) is 0. The summed E-state index contributed by atoms with van der Waals surface area (Å²) in [7, 11) is 0. The third kappa shape index (κ3) is 1.43. The number of thiophene rings is 1. The van der Waals surface area contributed by atoms with Crippen LogP contribution in [0.4, 0.5) is 0 Å². The van der Waals surface area contributed by atoms with E-state index in [9.17, 15) is 4.79 Å². The van der Waals surface area contributed by atoms with Crippen molar-refractivity contribution in [2.24, 2.45) is 0 Å². The molecule has 0 aliphatic rings. The Kier molecular flexibility index (Phi) is 2.08. The van der Waals surface area contributed by atoms with Gasteiger partial charge in [0.05, 0.1) is 0 Å². The summed E-state index contributed by atoms with van der Waals surface area (Å²) in [6, 6.07) is 1.64. The molecule has 0 aromatic carbocycles. The van der Waals surface area contributed by atoms with Crippen LogP contribution < -0.4 is 4.74 Å². The molecule has 0 unspecified atom stereocenters. The minimum absolute atomic E-state index is 0.355. The van der Waals surface area contributed by atoms with E-state index >= 15 is 0 Å². The van der Waals surface area contributed by atoms with Crippen LogP contribution in [0.2, 0.25) is 4.34 Å². The Morgan fingerprint density at radius 2 is 2.56 bits per heavy atom. The maximum Gasteiger partial charge on any atom is 0.298 e. The molecule has 0 saturated heterocycles. The van der Waals surface area contributed by atoms with Crippen molar-refractivity contribution in [3.8, 4) is 5.75 Å². The maximum absolute atomic E-state index is 9.75. The molecule has 9 heavy (non-hydrogen) atoms. The zero-order valence-corrected chi connectivity index (χ0v) is 5.91. The average molecular weight is 163 g/mol. The van der Waals surface area contributed by atoms with Crippen molar-refractivity contribution in [2.45, 2.75) is 0 Å². The molecule has 0 aliphatic carbocycles. The zero-order chi connectivity index (χ0) is 6.69. The van der Waals surface area contributed by atoms with E-state index in [1.54, 1.807) is 11.4 Å². The van der Waals surface area contributed by atoms with Crippen molar-refractivity contribution in [1.29, 1.82) is 0 Å². The van der Waals surface area contributed by atoms with Crippen molar-refractivity contribution in [1.82, 2.24) is 0 Å². The lowest BCUT2D eigenvalue weighted by Gasteiger charge is -1.89. The summed E-state index contributed by atoms with van der Waals surface area (Å²) < 4.78 is 4.98. The number of hydrogen-bond donors (Lipinski definition) is 0. The second-order valence-electron chi connectivity index (χ2n) is 1.27. The SMILES string of the molecule is O=COc1ccsc1Cl. The largest absolute Gasteiger partial charge is 0.426 e. The van der Waals surface area contributed by atoms with E-state index in [-0.39, 0.29) is 0 Å². The lowest BCUT2D eigenvalue weighted by Crippen LogP contribution is -1.84. The van der Waals surface area contributed by atoms with Gasteiger partial charge in [0, 0.05) is 0 Å². The monoisotopic (exact) mass is 162 g/mol. The zero-order valence-electron chi connectivity index (χ0n) is 4.33. The topological polar surface area (TPSA) is 26.3 Å². The van der Waals surface area contributed by atoms with Gasteiger partial charge in [0.15, 0.2) is 5.75 Å². The van der Waals surface area contributed by atoms with Gasteiger partial charge in [0.25, 0.3) is 6.47 Å². The third-order valence-corrected chi connectivity index (χ3v) is 1.89. The first-order valence-corrected chi connectivity index (χ1v) is 3.43. The Morgan fingerprint density at radius 3 is 3.00 bits per heavy atom. The van der Waals surface area contributed by atoms with Crippen LogP contribution >= 0.6 is 22.9 Å². The van der Waals surface area contributed by atoms with E-state index in [1.807, 2.05) is 0 Å². The maximum atomic E-state index is 9.75. The molecule has 0 amide bonds. The number of hydrogen-bond acceptors (Lipinski definition) is 3. The van der Waals surface area contributed by atoms with Gasteiger partial charge in [-0.2, -0.15) is 0 Å². The Bertz CT molecular complexity index is 208. The number of carbonyl (C=O) groups is 1. The average Bonchev–Trinajstić information content (AvgIpc) is 2.18. The van der Waals surface area contributed by atoms with Crippen LogP contribution in [-0.4, -0.2) is 6.47 Å². The summed E-state index contributed by atoms with van der Waals surface area (Å²) in [5, 5.41) is 1.75. The van der Waals surface area contributed by atoms with Crippen molar-refractivity contribution < 1.29 is 9.53 Å². The van der Waals surface area contributed by atoms with Gasteiger partial charge >= 0.3 is 0 Å². The Morgan fingerprint density at radius 1 is 1.78 bits per heavy atom. The van der Waals surface area contributed by atoms with Gasteiger partial charge in [-0.05, 0) is 11.4 Å². The molecule has 0 atom stereocenters. The van der Waals surface area contributed by atoms with E-state index in [4.69, 9.17) is 11.6 Å². The molecule has 1 aromatic heterocycles. The second kappa shape index (κ2) is 2.85. The van der Waals surface area contributed by atoms with Crippen LogP contribution in [0.25, 0.3) is 0 Å². The normalized spacial score (nSPS) is 9.00. The van der Waals surface area contributed by atoms with Gasteiger partial charge in [0.1, 0.15) is 4.34 Å².